The van der Waals surface area contributed by atoms with Crippen LogP contribution >= 0.6 is 11.6 Å². The molecule has 4 rings (SSSR count). The molecule has 1 amide bonds. The Hall–Kier alpha value is -2.56. The van der Waals surface area contributed by atoms with Gasteiger partial charge in [0.05, 0.1) is 10.6 Å². The van der Waals surface area contributed by atoms with E-state index < -0.39 is 0 Å². The lowest BCUT2D eigenvalue weighted by atomic mass is 9.98. The lowest BCUT2D eigenvalue weighted by Gasteiger charge is -2.26. The predicted molar refractivity (Wildman–Crippen MR) is 126 cm³/mol. The normalized spacial score (nSPS) is 14.7. The first kappa shape index (κ1) is 20.7. The Bertz CT molecular complexity index is 1070. The number of benzene rings is 2. The molecule has 30 heavy (non-hydrogen) atoms. The summed E-state index contributed by atoms with van der Waals surface area (Å²) in [7, 11) is 0. The largest absolute Gasteiger partial charge is 0.361 e. The zero-order valence-corrected chi connectivity index (χ0v) is 18.1. The second kappa shape index (κ2) is 9.50. The number of amides is 1. The summed E-state index contributed by atoms with van der Waals surface area (Å²) in [4.78, 5) is 18.5. The number of nitrogens with one attached hydrogen (secondary N) is 2. The number of fused-ring (bicyclic) bond motifs is 1. The van der Waals surface area contributed by atoms with Gasteiger partial charge in [0.1, 0.15) is 0 Å². The summed E-state index contributed by atoms with van der Waals surface area (Å²) in [6, 6.07) is 13.1. The van der Waals surface area contributed by atoms with Crippen LogP contribution in [0.5, 0.6) is 0 Å². The van der Waals surface area contributed by atoms with Crippen LogP contribution in [-0.4, -0.2) is 35.4 Å². The number of rotatable bonds is 7. The van der Waals surface area contributed by atoms with E-state index in [-0.39, 0.29) is 5.91 Å². The molecule has 3 aromatic rings. The topological polar surface area (TPSA) is 48.1 Å². The number of carbonyl (C=O) groups is 1. The van der Waals surface area contributed by atoms with Gasteiger partial charge in [-0.15, -0.1) is 0 Å². The standard InChI is InChI=1S/C25H28ClN3O/c1-2-3-6-13-29-14-11-18(12-15-29)22-17-27-24-10-9-19(16-21(22)24)28-25(30)20-7-4-5-8-23(20)26/h4-5,7-11,16-17,27H,2-3,6,12-15H2,1H3,(H,28,30). The summed E-state index contributed by atoms with van der Waals surface area (Å²) in [6.07, 6.45) is 9.34. The predicted octanol–water partition coefficient (Wildman–Crippen LogP) is 6.35. The second-order valence-corrected chi connectivity index (χ2v) is 8.29. The Morgan fingerprint density at radius 2 is 2.07 bits per heavy atom. The van der Waals surface area contributed by atoms with E-state index in [1.807, 2.05) is 30.3 Å². The summed E-state index contributed by atoms with van der Waals surface area (Å²) < 4.78 is 0. The highest BCUT2D eigenvalue weighted by atomic mass is 35.5. The maximum absolute atomic E-state index is 12.6. The van der Waals surface area contributed by atoms with Crippen LogP contribution in [0.2, 0.25) is 5.02 Å². The summed E-state index contributed by atoms with van der Waals surface area (Å²) in [5.74, 6) is -0.198. The molecule has 0 fully saturated rings. The molecule has 0 spiro atoms. The van der Waals surface area contributed by atoms with Crippen molar-refractivity contribution in [1.82, 2.24) is 9.88 Å². The van der Waals surface area contributed by atoms with Gasteiger partial charge in [-0.3, -0.25) is 9.69 Å². The molecule has 0 radical (unpaired) electrons. The molecule has 5 heteroatoms. The quantitative estimate of drug-likeness (QED) is 0.436. The van der Waals surface area contributed by atoms with Crippen LogP contribution in [0.25, 0.3) is 16.5 Å². The van der Waals surface area contributed by atoms with Crippen molar-refractivity contribution in [1.29, 1.82) is 0 Å². The molecule has 0 aliphatic carbocycles. The Kier molecular flexibility index (Phi) is 6.56. The number of hydrogen-bond acceptors (Lipinski definition) is 2. The first-order chi connectivity index (χ1) is 14.7. The monoisotopic (exact) mass is 421 g/mol. The van der Waals surface area contributed by atoms with Crippen LogP contribution in [0.1, 0.15) is 48.5 Å². The van der Waals surface area contributed by atoms with Gasteiger partial charge in [-0.25, -0.2) is 0 Å². The Balaban J connectivity index is 1.51. The number of aromatic amines is 1. The van der Waals surface area contributed by atoms with E-state index in [1.54, 1.807) is 12.1 Å². The van der Waals surface area contributed by atoms with Crippen molar-refractivity contribution in [3.8, 4) is 0 Å². The second-order valence-electron chi connectivity index (χ2n) is 7.88. The molecule has 156 valence electrons. The van der Waals surface area contributed by atoms with Crippen LogP contribution < -0.4 is 5.32 Å². The molecular weight excluding hydrogens is 394 g/mol. The van der Waals surface area contributed by atoms with Crippen LogP contribution in [0.3, 0.4) is 0 Å². The fraction of sp³-hybridized carbons (Fsp3) is 0.320. The molecule has 0 bridgehead atoms. The SMILES string of the molecule is CCCCCN1CC=C(c2c[nH]c3ccc(NC(=O)c4ccccc4Cl)cc23)CC1. The number of nitrogens with zero attached hydrogens (tertiary/aromatic N) is 1. The molecule has 1 aliphatic heterocycles. The van der Waals surface area contributed by atoms with Gasteiger partial charge >= 0.3 is 0 Å². The fourth-order valence-electron chi connectivity index (χ4n) is 4.05. The van der Waals surface area contributed by atoms with Gasteiger partial charge < -0.3 is 10.3 Å². The van der Waals surface area contributed by atoms with Crippen molar-refractivity contribution in [3.05, 3.63) is 70.9 Å². The van der Waals surface area contributed by atoms with Gasteiger partial charge in [0.2, 0.25) is 0 Å². The minimum absolute atomic E-state index is 0.198. The average Bonchev–Trinajstić information content (AvgIpc) is 3.18. The lowest BCUT2D eigenvalue weighted by molar-refractivity contribution is 0.102. The van der Waals surface area contributed by atoms with Gasteiger partial charge in [-0.05, 0) is 55.3 Å². The maximum atomic E-state index is 12.6. The molecule has 2 heterocycles. The number of hydrogen-bond donors (Lipinski definition) is 2. The Morgan fingerprint density at radius 1 is 1.20 bits per heavy atom. The number of carbonyl (C=O) groups excluding carboxylic acids is 1. The third-order valence-electron chi connectivity index (χ3n) is 5.78. The number of H-pyrrole nitrogens is 1. The molecular formula is C25H28ClN3O. The third kappa shape index (κ3) is 4.61. The summed E-state index contributed by atoms with van der Waals surface area (Å²) in [5.41, 5.74) is 4.93. The van der Waals surface area contributed by atoms with Gasteiger partial charge in [0.15, 0.2) is 0 Å². The lowest BCUT2D eigenvalue weighted by Crippen LogP contribution is -2.29. The van der Waals surface area contributed by atoms with Gasteiger partial charge in [0, 0.05) is 41.4 Å². The van der Waals surface area contributed by atoms with E-state index in [9.17, 15) is 4.79 Å². The highest BCUT2D eigenvalue weighted by molar-refractivity contribution is 6.34. The Morgan fingerprint density at radius 3 is 2.83 bits per heavy atom. The third-order valence-corrected chi connectivity index (χ3v) is 6.10. The summed E-state index contributed by atoms with van der Waals surface area (Å²) in [6.45, 7) is 5.54. The van der Waals surface area contributed by atoms with Crippen molar-refractivity contribution >= 4 is 39.7 Å². The first-order valence-electron chi connectivity index (χ1n) is 10.7. The highest BCUT2D eigenvalue weighted by Gasteiger charge is 2.16. The van der Waals surface area contributed by atoms with Crippen molar-refractivity contribution in [2.75, 3.05) is 25.0 Å². The maximum Gasteiger partial charge on any atom is 0.257 e. The van der Waals surface area contributed by atoms with Crippen LogP contribution in [0.15, 0.2) is 54.7 Å². The molecule has 1 aliphatic rings. The molecule has 0 atom stereocenters. The molecule has 2 N–H and O–H groups in total. The summed E-state index contributed by atoms with van der Waals surface area (Å²) >= 11 is 6.16. The first-order valence-corrected chi connectivity index (χ1v) is 11.1. The molecule has 0 saturated carbocycles. The van der Waals surface area contributed by atoms with Gasteiger partial charge in [-0.1, -0.05) is 49.6 Å². The minimum atomic E-state index is -0.198. The average molecular weight is 422 g/mol. The van der Waals surface area contributed by atoms with Crippen molar-refractivity contribution < 1.29 is 4.79 Å². The smallest absolute Gasteiger partial charge is 0.257 e. The number of unbranched alkanes of at least 4 members (excludes halogenated alkanes) is 2. The number of halogens is 1. The highest BCUT2D eigenvalue weighted by Crippen LogP contribution is 2.31. The molecule has 1 aromatic heterocycles. The van der Waals surface area contributed by atoms with Crippen LogP contribution in [-0.2, 0) is 0 Å². The zero-order chi connectivity index (χ0) is 20.9. The number of anilines is 1. The molecule has 0 unspecified atom stereocenters. The van der Waals surface area contributed by atoms with E-state index in [0.29, 0.717) is 10.6 Å². The Labute approximate surface area is 182 Å². The summed E-state index contributed by atoms with van der Waals surface area (Å²) in [5, 5.41) is 4.57. The van der Waals surface area contributed by atoms with E-state index in [2.05, 4.69) is 34.4 Å². The van der Waals surface area contributed by atoms with Crippen molar-refractivity contribution in [3.63, 3.8) is 0 Å². The number of aromatic nitrogens is 1. The van der Waals surface area contributed by atoms with Crippen LogP contribution in [0, 0.1) is 0 Å². The van der Waals surface area contributed by atoms with E-state index in [4.69, 9.17) is 11.6 Å². The van der Waals surface area contributed by atoms with E-state index in [1.165, 1.54) is 36.9 Å². The molecule has 2 aromatic carbocycles. The van der Waals surface area contributed by atoms with Crippen LogP contribution in [0.4, 0.5) is 5.69 Å². The fourth-order valence-corrected chi connectivity index (χ4v) is 4.27. The van der Waals surface area contributed by atoms with Gasteiger partial charge in [-0.2, -0.15) is 0 Å². The van der Waals surface area contributed by atoms with E-state index >= 15 is 0 Å². The van der Waals surface area contributed by atoms with E-state index in [0.717, 1.165) is 36.1 Å². The zero-order valence-electron chi connectivity index (χ0n) is 17.4. The van der Waals surface area contributed by atoms with Crippen molar-refractivity contribution in [2.24, 2.45) is 0 Å². The molecule has 0 saturated heterocycles. The molecule has 4 nitrogen and oxygen atoms in total. The van der Waals surface area contributed by atoms with Crippen molar-refractivity contribution in [2.45, 2.75) is 32.6 Å². The minimum Gasteiger partial charge on any atom is -0.361 e. The van der Waals surface area contributed by atoms with Gasteiger partial charge in [0.25, 0.3) is 5.91 Å².